The molecule has 0 fully saturated rings. The van der Waals surface area contributed by atoms with E-state index in [1.807, 2.05) is 25.1 Å². The molecule has 1 rings (SSSR count). The summed E-state index contributed by atoms with van der Waals surface area (Å²) >= 11 is 5.75. The molecule has 0 saturated heterocycles. The second-order valence-electron chi connectivity index (χ2n) is 3.97. The molecule has 5 heteroatoms. The molecule has 0 radical (unpaired) electrons. The molecular formula is C13H15NO2S2. The van der Waals surface area contributed by atoms with Gasteiger partial charge in [0.15, 0.2) is 0 Å². The second kappa shape index (κ2) is 7.34. The van der Waals surface area contributed by atoms with Crippen LogP contribution in [0, 0.1) is 18.3 Å². The number of nitriles is 1. The van der Waals surface area contributed by atoms with Gasteiger partial charge in [-0.1, -0.05) is 6.07 Å². The van der Waals surface area contributed by atoms with Gasteiger partial charge in [0.1, 0.15) is 0 Å². The zero-order valence-corrected chi connectivity index (χ0v) is 11.8. The molecule has 1 N–H and O–H groups in total. The first-order valence-electron chi connectivity index (χ1n) is 5.54. The fourth-order valence-corrected chi connectivity index (χ4v) is 2.80. The van der Waals surface area contributed by atoms with Gasteiger partial charge in [-0.25, -0.2) is 0 Å². The Morgan fingerprint density at radius 1 is 1.61 bits per heavy atom. The van der Waals surface area contributed by atoms with Crippen LogP contribution in [0.15, 0.2) is 23.1 Å². The van der Waals surface area contributed by atoms with Crippen molar-refractivity contribution in [2.45, 2.75) is 35.7 Å². The van der Waals surface area contributed by atoms with E-state index in [4.69, 9.17) is 10.4 Å². The van der Waals surface area contributed by atoms with Crippen LogP contribution in [0.3, 0.4) is 0 Å². The molecular weight excluding hydrogens is 266 g/mol. The quantitative estimate of drug-likeness (QED) is 0.786. The van der Waals surface area contributed by atoms with Crippen molar-refractivity contribution in [3.05, 3.63) is 29.3 Å². The summed E-state index contributed by atoms with van der Waals surface area (Å²) in [5.74, 6) is -0.135. The van der Waals surface area contributed by atoms with Gasteiger partial charge in [-0.3, -0.25) is 4.79 Å². The van der Waals surface area contributed by atoms with Crippen LogP contribution < -0.4 is 0 Å². The third-order valence-corrected chi connectivity index (χ3v) is 4.03. The Hall–Kier alpha value is -1.12. The summed E-state index contributed by atoms with van der Waals surface area (Å²) in [6.45, 7) is 2.01. The number of carbonyl (C=O) groups is 1. The number of nitrogens with zero attached hydrogens (tertiary/aromatic N) is 1. The Morgan fingerprint density at radius 3 is 2.89 bits per heavy atom. The number of aryl methyl sites for hydroxylation is 1. The highest BCUT2D eigenvalue weighted by molar-refractivity contribution is 7.99. The molecule has 0 aliphatic rings. The maximum atomic E-state index is 10.5. The molecule has 1 unspecified atom stereocenters. The minimum atomic E-state index is -0.855. The number of thioether (sulfide) groups is 1. The molecule has 0 bridgehead atoms. The smallest absolute Gasteiger partial charge is 0.303 e. The molecule has 0 amide bonds. The number of thiol groups is 1. The number of aliphatic carboxylic acids is 1. The van der Waals surface area contributed by atoms with Gasteiger partial charge in [0.25, 0.3) is 0 Å². The Balaban J connectivity index is 2.52. The highest BCUT2D eigenvalue weighted by Gasteiger charge is 2.11. The van der Waals surface area contributed by atoms with Crippen LogP contribution in [-0.4, -0.2) is 16.3 Å². The first-order valence-corrected chi connectivity index (χ1v) is 7.04. The predicted molar refractivity (Wildman–Crippen MR) is 76.0 cm³/mol. The van der Waals surface area contributed by atoms with Crippen molar-refractivity contribution >= 4 is 30.4 Å². The lowest BCUT2D eigenvalue weighted by molar-refractivity contribution is -0.137. The predicted octanol–water partition coefficient (Wildman–Crippen LogP) is 3.27. The Bertz CT molecular complexity index is 469. The molecule has 3 nitrogen and oxygen atoms in total. The molecule has 0 aliphatic heterocycles. The van der Waals surface area contributed by atoms with Crippen LogP contribution in [-0.2, 0) is 10.5 Å². The lowest BCUT2D eigenvalue weighted by Gasteiger charge is -2.09. The maximum absolute atomic E-state index is 10.5. The molecule has 0 saturated carbocycles. The zero-order chi connectivity index (χ0) is 13.5. The van der Waals surface area contributed by atoms with E-state index in [1.165, 1.54) is 11.8 Å². The fourth-order valence-electron chi connectivity index (χ4n) is 1.47. The van der Waals surface area contributed by atoms with E-state index in [2.05, 4.69) is 18.7 Å². The largest absolute Gasteiger partial charge is 0.481 e. The van der Waals surface area contributed by atoms with Crippen LogP contribution >= 0.6 is 24.4 Å². The lowest BCUT2D eigenvalue weighted by atomic mass is 10.1. The van der Waals surface area contributed by atoms with E-state index in [0.29, 0.717) is 6.42 Å². The van der Waals surface area contributed by atoms with Crippen molar-refractivity contribution in [1.82, 2.24) is 0 Å². The summed E-state index contributed by atoms with van der Waals surface area (Å²) in [5.41, 5.74) is 2.30. The van der Waals surface area contributed by atoms with Crippen molar-refractivity contribution in [3.8, 4) is 6.07 Å². The molecule has 96 valence electrons. The number of hydrogen-bond acceptors (Lipinski definition) is 4. The number of carboxylic acid groups (broad SMARTS) is 1. The SMILES string of the molecule is Cc1cc(S)ccc1CSC(C#N)CCC(=O)O. The van der Waals surface area contributed by atoms with Gasteiger partial charge in [0.05, 0.1) is 11.3 Å². The van der Waals surface area contributed by atoms with E-state index in [1.54, 1.807) is 0 Å². The molecule has 0 spiro atoms. The summed E-state index contributed by atoms with van der Waals surface area (Å²) in [4.78, 5) is 11.4. The van der Waals surface area contributed by atoms with Gasteiger partial charge in [0, 0.05) is 17.1 Å². The second-order valence-corrected chi connectivity index (χ2v) is 5.68. The van der Waals surface area contributed by atoms with Crippen LogP contribution in [0.1, 0.15) is 24.0 Å². The number of carboxylic acids is 1. The van der Waals surface area contributed by atoms with Crippen LogP contribution in [0.4, 0.5) is 0 Å². The Kier molecular flexibility index (Phi) is 6.10. The third kappa shape index (κ3) is 5.03. The standard InChI is InChI=1S/C13H15NO2S2/c1-9-6-11(17)3-2-10(9)8-18-12(7-14)4-5-13(15)16/h2-3,6,12,17H,4-5,8H2,1H3,(H,15,16). The Morgan fingerprint density at radius 2 is 2.33 bits per heavy atom. The van der Waals surface area contributed by atoms with E-state index in [9.17, 15) is 4.79 Å². The third-order valence-electron chi connectivity index (χ3n) is 2.53. The summed E-state index contributed by atoms with van der Waals surface area (Å²) < 4.78 is 0. The molecule has 0 heterocycles. The average molecular weight is 281 g/mol. The molecule has 0 aromatic heterocycles. The van der Waals surface area contributed by atoms with Gasteiger partial charge in [-0.05, 0) is 36.6 Å². The van der Waals surface area contributed by atoms with Gasteiger partial charge in [-0.2, -0.15) is 5.26 Å². The van der Waals surface area contributed by atoms with Crippen molar-refractivity contribution in [2.75, 3.05) is 0 Å². The van der Waals surface area contributed by atoms with E-state index < -0.39 is 5.97 Å². The molecule has 18 heavy (non-hydrogen) atoms. The Labute approximate surface area is 117 Å². The average Bonchev–Trinajstić information content (AvgIpc) is 2.31. The summed E-state index contributed by atoms with van der Waals surface area (Å²) in [5, 5.41) is 17.3. The highest BCUT2D eigenvalue weighted by Crippen LogP contribution is 2.24. The van der Waals surface area contributed by atoms with Crippen LogP contribution in [0.25, 0.3) is 0 Å². The van der Waals surface area contributed by atoms with Gasteiger partial charge >= 0.3 is 5.97 Å². The minimum Gasteiger partial charge on any atom is -0.481 e. The molecule has 1 atom stereocenters. The van der Waals surface area contributed by atoms with Crippen molar-refractivity contribution in [2.24, 2.45) is 0 Å². The zero-order valence-electron chi connectivity index (χ0n) is 10.1. The number of benzene rings is 1. The molecule has 0 aliphatic carbocycles. The summed E-state index contributed by atoms with van der Waals surface area (Å²) in [7, 11) is 0. The first-order chi connectivity index (χ1) is 8.52. The monoisotopic (exact) mass is 281 g/mol. The lowest BCUT2D eigenvalue weighted by Crippen LogP contribution is -2.04. The van der Waals surface area contributed by atoms with Crippen molar-refractivity contribution in [3.63, 3.8) is 0 Å². The van der Waals surface area contributed by atoms with E-state index in [-0.39, 0.29) is 11.7 Å². The van der Waals surface area contributed by atoms with Crippen LogP contribution in [0.2, 0.25) is 0 Å². The van der Waals surface area contributed by atoms with Crippen LogP contribution in [0.5, 0.6) is 0 Å². The topological polar surface area (TPSA) is 61.1 Å². The number of hydrogen-bond donors (Lipinski definition) is 2. The number of rotatable bonds is 6. The molecule has 1 aromatic rings. The van der Waals surface area contributed by atoms with Gasteiger partial charge in [-0.15, -0.1) is 24.4 Å². The maximum Gasteiger partial charge on any atom is 0.303 e. The van der Waals surface area contributed by atoms with E-state index in [0.717, 1.165) is 21.8 Å². The van der Waals surface area contributed by atoms with Crippen molar-refractivity contribution < 1.29 is 9.90 Å². The first kappa shape index (κ1) is 14.9. The van der Waals surface area contributed by atoms with Crippen molar-refractivity contribution in [1.29, 1.82) is 5.26 Å². The van der Waals surface area contributed by atoms with Gasteiger partial charge in [0.2, 0.25) is 0 Å². The summed E-state index contributed by atoms with van der Waals surface area (Å²) in [6.07, 6.45) is 0.431. The highest BCUT2D eigenvalue weighted by atomic mass is 32.2. The fraction of sp³-hybridized carbons (Fsp3) is 0.385. The van der Waals surface area contributed by atoms with E-state index >= 15 is 0 Å². The summed E-state index contributed by atoms with van der Waals surface area (Å²) in [6, 6.07) is 8.04. The normalized spacial score (nSPS) is 11.8. The minimum absolute atomic E-state index is 0.0415. The van der Waals surface area contributed by atoms with Gasteiger partial charge < -0.3 is 5.11 Å². The molecule has 1 aromatic carbocycles.